The van der Waals surface area contributed by atoms with E-state index in [0.717, 1.165) is 40.3 Å². The van der Waals surface area contributed by atoms with Crippen LogP contribution in [0.5, 0.6) is 0 Å². The van der Waals surface area contributed by atoms with Crippen molar-refractivity contribution in [3.8, 4) is 23.6 Å². The van der Waals surface area contributed by atoms with Crippen LogP contribution in [-0.4, -0.2) is 33.4 Å². The molecule has 0 aliphatic rings. The zero-order valence-corrected chi connectivity index (χ0v) is 17.0. The summed E-state index contributed by atoms with van der Waals surface area (Å²) in [4.78, 5) is 21.6. The first kappa shape index (κ1) is 19.5. The van der Waals surface area contributed by atoms with Gasteiger partial charge in [0.2, 0.25) is 0 Å². The molecule has 30 heavy (non-hydrogen) atoms. The Hall–Kier alpha value is -3.85. The largest absolute Gasteiger partial charge is 0.367 e. The summed E-state index contributed by atoms with van der Waals surface area (Å²) in [6, 6.07) is 15.4. The number of fused-ring (bicyclic) bond motifs is 3. The van der Waals surface area contributed by atoms with Gasteiger partial charge in [0, 0.05) is 17.7 Å². The molecular formula is C24H23N5O. The van der Waals surface area contributed by atoms with Crippen molar-refractivity contribution in [3.63, 3.8) is 0 Å². The van der Waals surface area contributed by atoms with Gasteiger partial charge in [0.25, 0.3) is 5.91 Å². The standard InChI is InChI=1S/C24H23N5O/c1-4-13-25-24(30)18-11-9-17(10-12-18)21-15-27-23-22(26-14-16(2)3)28-19-7-5-6-8-20(19)29(21)23/h1,5-12,15-16H,13-14H2,2-3H3,(H,25,30)(H,26,28). The highest BCUT2D eigenvalue weighted by molar-refractivity contribution is 5.95. The molecule has 0 bridgehead atoms. The van der Waals surface area contributed by atoms with Crippen LogP contribution in [0.15, 0.2) is 54.7 Å². The van der Waals surface area contributed by atoms with Crippen molar-refractivity contribution in [2.45, 2.75) is 13.8 Å². The molecule has 0 saturated heterocycles. The van der Waals surface area contributed by atoms with Crippen LogP contribution in [0.3, 0.4) is 0 Å². The highest BCUT2D eigenvalue weighted by atomic mass is 16.1. The van der Waals surface area contributed by atoms with Crippen molar-refractivity contribution in [2.24, 2.45) is 5.92 Å². The van der Waals surface area contributed by atoms with Crippen LogP contribution in [0.25, 0.3) is 27.9 Å². The van der Waals surface area contributed by atoms with Crippen molar-refractivity contribution in [1.82, 2.24) is 19.7 Å². The minimum absolute atomic E-state index is 0.188. The first-order chi connectivity index (χ1) is 14.6. The third kappa shape index (κ3) is 3.70. The smallest absolute Gasteiger partial charge is 0.252 e. The van der Waals surface area contributed by atoms with Gasteiger partial charge in [0.1, 0.15) is 0 Å². The Morgan fingerprint density at radius 1 is 1.17 bits per heavy atom. The topological polar surface area (TPSA) is 71.3 Å². The van der Waals surface area contributed by atoms with E-state index >= 15 is 0 Å². The third-order valence-electron chi connectivity index (χ3n) is 4.80. The number of imidazole rings is 1. The molecular weight excluding hydrogens is 374 g/mol. The number of nitrogens with zero attached hydrogens (tertiary/aromatic N) is 3. The van der Waals surface area contributed by atoms with E-state index in [1.807, 2.05) is 42.6 Å². The van der Waals surface area contributed by atoms with Crippen LogP contribution < -0.4 is 10.6 Å². The Labute approximate surface area is 175 Å². The van der Waals surface area contributed by atoms with Crippen LogP contribution in [-0.2, 0) is 0 Å². The number of hydrogen-bond donors (Lipinski definition) is 2. The number of benzene rings is 2. The van der Waals surface area contributed by atoms with E-state index in [1.165, 1.54) is 0 Å². The van der Waals surface area contributed by atoms with Crippen LogP contribution in [0.1, 0.15) is 24.2 Å². The number of rotatable bonds is 6. The summed E-state index contributed by atoms with van der Waals surface area (Å²) in [6.45, 7) is 5.33. The first-order valence-electron chi connectivity index (χ1n) is 9.90. The molecule has 0 atom stereocenters. The molecule has 0 fully saturated rings. The van der Waals surface area contributed by atoms with E-state index < -0.39 is 0 Å². The molecule has 2 N–H and O–H groups in total. The van der Waals surface area contributed by atoms with Gasteiger partial charge in [-0.25, -0.2) is 9.97 Å². The highest BCUT2D eigenvalue weighted by Crippen LogP contribution is 2.28. The second-order valence-electron chi connectivity index (χ2n) is 7.49. The van der Waals surface area contributed by atoms with Crippen LogP contribution in [0.2, 0.25) is 0 Å². The van der Waals surface area contributed by atoms with Gasteiger partial charge in [-0.15, -0.1) is 6.42 Å². The van der Waals surface area contributed by atoms with Crippen LogP contribution in [0.4, 0.5) is 5.82 Å². The van der Waals surface area contributed by atoms with Crippen molar-refractivity contribution >= 4 is 28.4 Å². The number of terminal acetylenes is 1. The number of nitrogens with one attached hydrogen (secondary N) is 2. The molecule has 4 rings (SSSR count). The van der Waals surface area contributed by atoms with Crippen molar-refractivity contribution in [3.05, 3.63) is 60.3 Å². The summed E-state index contributed by atoms with van der Waals surface area (Å²) in [6.07, 6.45) is 7.05. The third-order valence-corrected chi connectivity index (χ3v) is 4.80. The molecule has 150 valence electrons. The van der Waals surface area contributed by atoms with Gasteiger partial charge < -0.3 is 10.6 Å². The minimum atomic E-state index is -0.188. The van der Waals surface area contributed by atoms with Gasteiger partial charge in [-0.1, -0.05) is 44.0 Å². The molecule has 2 aromatic heterocycles. The predicted molar refractivity (Wildman–Crippen MR) is 120 cm³/mol. The summed E-state index contributed by atoms with van der Waals surface area (Å²) in [5.74, 6) is 3.47. The zero-order chi connectivity index (χ0) is 21.1. The molecule has 0 saturated carbocycles. The Morgan fingerprint density at radius 2 is 1.93 bits per heavy atom. The van der Waals surface area contributed by atoms with Gasteiger partial charge >= 0.3 is 0 Å². The molecule has 6 nitrogen and oxygen atoms in total. The predicted octanol–water partition coefficient (Wildman–Crippen LogP) is 3.98. The second-order valence-corrected chi connectivity index (χ2v) is 7.49. The zero-order valence-electron chi connectivity index (χ0n) is 17.0. The normalized spacial score (nSPS) is 11.0. The number of para-hydroxylation sites is 2. The molecule has 0 aliphatic heterocycles. The Balaban J connectivity index is 1.80. The molecule has 2 heterocycles. The molecule has 1 amide bonds. The summed E-state index contributed by atoms with van der Waals surface area (Å²) >= 11 is 0. The molecule has 4 aromatic rings. The van der Waals surface area contributed by atoms with Crippen molar-refractivity contribution in [2.75, 3.05) is 18.4 Å². The fourth-order valence-corrected chi connectivity index (χ4v) is 3.33. The van der Waals surface area contributed by atoms with E-state index in [-0.39, 0.29) is 12.5 Å². The fraction of sp³-hybridized carbons (Fsp3) is 0.208. The Morgan fingerprint density at radius 3 is 2.67 bits per heavy atom. The van der Waals surface area contributed by atoms with Gasteiger partial charge in [-0.3, -0.25) is 9.20 Å². The number of amides is 1. The lowest BCUT2D eigenvalue weighted by Gasteiger charge is -2.13. The Bertz CT molecular complexity index is 1250. The first-order valence-corrected chi connectivity index (χ1v) is 9.90. The number of aromatic nitrogens is 3. The second kappa shape index (κ2) is 8.26. The number of hydrogen-bond acceptors (Lipinski definition) is 4. The summed E-state index contributed by atoms with van der Waals surface area (Å²) in [5.41, 5.74) is 5.11. The van der Waals surface area contributed by atoms with Crippen LogP contribution in [0, 0.1) is 18.3 Å². The maximum absolute atomic E-state index is 12.1. The fourth-order valence-electron chi connectivity index (χ4n) is 3.33. The van der Waals surface area contributed by atoms with E-state index in [4.69, 9.17) is 11.4 Å². The molecule has 2 aromatic carbocycles. The van der Waals surface area contributed by atoms with E-state index in [1.54, 1.807) is 12.1 Å². The van der Waals surface area contributed by atoms with E-state index in [9.17, 15) is 4.79 Å². The van der Waals surface area contributed by atoms with E-state index in [2.05, 4.69) is 39.8 Å². The maximum atomic E-state index is 12.1. The number of carbonyl (C=O) groups excluding carboxylic acids is 1. The summed E-state index contributed by atoms with van der Waals surface area (Å²) in [5, 5.41) is 6.10. The average molecular weight is 397 g/mol. The van der Waals surface area contributed by atoms with Crippen molar-refractivity contribution < 1.29 is 4.79 Å². The lowest BCUT2D eigenvalue weighted by Crippen LogP contribution is -2.23. The van der Waals surface area contributed by atoms with Gasteiger partial charge in [-0.2, -0.15) is 0 Å². The minimum Gasteiger partial charge on any atom is -0.367 e. The SMILES string of the molecule is C#CCNC(=O)c1ccc(-c2cnc3c(NCC(C)C)nc4ccccc4n23)cc1. The molecule has 0 unspecified atom stereocenters. The van der Waals surface area contributed by atoms with Gasteiger partial charge in [0.15, 0.2) is 11.5 Å². The maximum Gasteiger partial charge on any atom is 0.252 e. The highest BCUT2D eigenvalue weighted by Gasteiger charge is 2.15. The van der Waals surface area contributed by atoms with Crippen LogP contribution >= 0.6 is 0 Å². The molecule has 0 radical (unpaired) electrons. The Kier molecular flexibility index (Phi) is 5.36. The molecule has 0 spiro atoms. The molecule has 6 heteroatoms. The number of anilines is 1. The monoisotopic (exact) mass is 397 g/mol. The number of carbonyl (C=O) groups is 1. The lowest BCUT2D eigenvalue weighted by molar-refractivity contribution is 0.0958. The van der Waals surface area contributed by atoms with E-state index in [0.29, 0.717) is 11.5 Å². The summed E-state index contributed by atoms with van der Waals surface area (Å²) < 4.78 is 2.11. The lowest BCUT2D eigenvalue weighted by atomic mass is 10.1. The van der Waals surface area contributed by atoms with Gasteiger partial charge in [0.05, 0.1) is 29.5 Å². The average Bonchev–Trinajstić information content (AvgIpc) is 3.21. The molecule has 0 aliphatic carbocycles. The van der Waals surface area contributed by atoms with Gasteiger partial charge in [-0.05, 0) is 30.2 Å². The summed E-state index contributed by atoms with van der Waals surface area (Å²) in [7, 11) is 0. The quantitative estimate of drug-likeness (QED) is 0.483. The van der Waals surface area contributed by atoms with Crippen molar-refractivity contribution in [1.29, 1.82) is 0 Å².